The lowest BCUT2D eigenvalue weighted by Crippen LogP contribution is -2.68. The zero-order valence-electron chi connectivity index (χ0n) is 12.7. The van der Waals surface area contributed by atoms with Crippen molar-refractivity contribution < 1.29 is 14.3 Å². The highest BCUT2D eigenvalue weighted by atomic mass is 16.5. The number of nitrogens with two attached hydrogens (primary N) is 1. The number of likely N-dealkylation sites (tertiary alicyclic amines) is 1. The zero-order valence-corrected chi connectivity index (χ0v) is 12.7. The third kappa shape index (κ3) is 2.78. The van der Waals surface area contributed by atoms with E-state index in [2.05, 4.69) is 0 Å². The fourth-order valence-corrected chi connectivity index (χ4v) is 2.80. The average molecular weight is 290 g/mol. The maximum atomic E-state index is 12.2. The van der Waals surface area contributed by atoms with Gasteiger partial charge in [-0.1, -0.05) is 44.2 Å². The Morgan fingerprint density at radius 2 is 1.95 bits per heavy atom. The number of carbonyl (C=O) groups is 2. The fraction of sp³-hybridized carbons (Fsp3) is 0.500. The van der Waals surface area contributed by atoms with Gasteiger partial charge in [-0.2, -0.15) is 0 Å². The molecule has 0 radical (unpaired) electrons. The lowest BCUT2D eigenvalue weighted by molar-refractivity contribution is -0.170. The highest BCUT2D eigenvalue weighted by Gasteiger charge is 2.52. The predicted molar refractivity (Wildman–Crippen MR) is 79.3 cm³/mol. The van der Waals surface area contributed by atoms with Crippen LogP contribution >= 0.6 is 0 Å². The molecule has 0 saturated carbocycles. The average Bonchev–Trinajstić information content (AvgIpc) is 2.47. The SMILES string of the molecule is CCOC(=O)C(C(C)C)N1C(=O)C(N)C1c1ccccc1. The van der Waals surface area contributed by atoms with Crippen molar-refractivity contribution in [2.75, 3.05) is 6.61 Å². The quantitative estimate of drug-likeness (QED) is 0.658. The molecular weight excluding hydrogens is 268 g/mol. The molecule has 114 valence electrons. The lowest BCUT2D eigenvalue weighted by Gasteiger charge is -2.49. The molecular formula is C16H22N2O3. The number of hydrogen-bond acceptors (Lipinski definition) is 4. The van der Waals surface area contributed by atoms with E-state index in [0.717, 1.165) is 5.56 Å². The predicted octanol–water partition coefficient (Wildman–Crippen LogP) is 1.48. The summed E-state index contributed by atoms with van der Waals surface area (Å²) in [4.78, 5) is 26.0. The molecule has 3 atom stereocenters. The summed E-state index contributed by atoms with van der Waals surface area (Å²) in [6, 6.07) is 8.10. The summed E-state index contributed by atoms with van der Waals surface area (Å²) in [6.45, 7) is 5.86. The summed E-state index contributed by atoms with van der Waals surface area (Å²) in [5.41, 5.74) is 6.90. The molecule has 0 aliphatic carbocycles. The number of amides is 1. The first-order chi connectivity index (χ1) is 9.99. The van der Waals surface area contributed by atoms with Gasteiger partial charge >= 0.3 is 5.97 Å². The topological polar surface area (TPSA) is 72.6 Å². The van der Waals surface area contributed by atoms with Crippen LogP contribution in [0.5, 0.6) is 0 Å². The summed E-state index contributed by atoms with van der Waals surface area (Å²) >= 11 is 0. The normalized spacial score (nSPS) is 22.9. The van der Waals surface area contributed by atoms with Gasteiger partial charge in [0.05, 0.1) is 12.6 Å². The van der Waals surface area contributed by atoms with Crippen molar-refractivity contribution in [3.8, 4) is 0 Å². The monoisotopic (exact) mass is 290 g/mol. The van der Waals surface area contributed by atoms with Gasteiger partial charge in [0.1, 0.15) is 12.1 Å². The van der Waals surface area contributed by atoms with Crippen molar-refractivity contribution in [2.45, 2.75) is 38.9 Å². The van der Waals surface area contributed by atoms with Gasteiger partial charge in [0, 0.05) is 0 Å². The standard InChI is InChI=1S/C16H22N2O3/c1-4-21-16(20)13(10(2)3)18-14(12(17)15(18)19)11-8-6-5-7-9-11/h5-10,12-14H,4,17H2,1-3H3. The van der Waals surface area contributed by atoms with Gasteiger partial charge < -0.3 is 15.4 Å². The van der Waals surface area contributed by atoms with E-state index in [0.29, 0.717) is 6.61 Å². The number of nitrogens with zero attached hydrogens (tertiary/aromatic N) is 1. The molecule has 5 heteroatoms. The minimum absolute atomic E-state index is 0.0355. The van der Waals surface area contributed by atoms with Crippen LogP contribution in [0, 0.1) is 5.92 Å². The first-order valence-corrected chi connectivity index (χ1v) is 7.28. The Morgan fingerprint density at radius 1 is 1.33 bits per heavy atom. The van der Waals surface area contributed by atoms with Crippen LogP contribution in [0.25, 0.3) is 0 Å². The zero-order chi connectivity index (χ0) is 15.6. The highest BCUT2D eigenvalue weighted by molar-refractivity contribution is 5.94. The molecule has 1 amide bonds. The molecule has 0 spiro atoms. The number of esters is 1. The smallest absolute Gasteiger partial charge is 0.329 e. The molecule has 2 rings (SSSR count). The molecule has 2 N–H and O–H groups in total. The van der Waals surface area contributed by atoms with E-state index in [9.17, 15) is 9.59 Å². The van der Waals surface area contributed by atoms with E-state index in [-0.39, 0.29) is 23.8 Å². The van der Waals surface area contributed by atoms with Crippen molar-refractivity contribution in [3.63, 3.8) is 0 Å². The third-order valence-electron chi connectivity index (χ3n) is 3.78. The molecule has 3 unspecified atom stereocenters. The lowest BCUT2D eigenvalue weighted by atomic mass is 9.85. The fourth-order valence-electron chi connectivity index (χ4n) is 2.80. The van der Waals surface area contributed by atoms with Crippen LogP contribution in [0.4, 0.5) is 0 Å². The molecule has 1 heterocycles. The Morgan fingerprint density at radius 3 is 2.48 bits per heavy atom. The minimum Gasteiger partial charge on any atom is -0.464 e. The van der Waals surface area contributed by atoms with Crippen LogP contribution in [-0.4, -0.2) is 35.5 Å². The van der Waals surface area contributed by atoms with E-state index in [1.807, 2.05) is 44.2 Å². The molecule has 1 aromatic carbocycles. The van der Waals surface area contributed by atoms with Gasteiger partial charge in [-0.05, 0) is 18.4 Å². The first-order valence-electron chi connectivity index (χ1n) is 7.28. The van der Waals surface area contributed by atoms with E-state index < -0.39 is 12.1 Å². The van der Waals surface area contributed by atoms with Crippen LogP contribution < -0.4 is 5.73 Å². The summed E-state index contributed by atoms with van der Waals surface area (Å²) in [6.07, 6.45) is 0. The van der Waals surface area contributed by atoms with Crippen molar-refractivity contribution >= 4 is 11.9 Å². The summed E-state index contributed by atoms with van der Waals surface area (Å²) in [7, 11) is 0. The van der Waals surface area contributed by atoms with Crippen LogP contribution in [0.3, 0.4) is 0 Å². The molecule has 1 aliphatic rings. The molecule has 1 aliphatic heterocycles. The highest BCUT2D eigenvalue weighted by Crippen LogP contribution is 2.37. The van der Waals surface area contributed by atoms with Crippen LogP contribution in [0.15, 0.2) is 30.3 Å². The number of hydrogen-bond donors (Lipinski definition) is 1. The Kier molecular flexibility index (Phi) is 4.63. The molecule has 0 aromatic heterocycles. The van der Waals surface area contributed by atoms with Gasteiger partial charge in [-0.15, -0.1) is 0 Å². The Balaban J connectivity index is 2.30. The maximum absolute atomic E-state index is 12.2. The summed E-state index contributed by atoms with van der Waals surface area (Å²) in [5, 5.41) is 0. The van der Waals surface area contributed by atoms with E-state index >= 15 is 0 Å². The van der Waals surface area contributed by atoms with Crippen molar-refractivity contribution in [1.82, 2.24) is 4.90 Å². The van der Waals surface area contributed by atoms with E-state index in [4.69, 9.17) is 10.5 Å². The van der Waals surface area contributed by atoms with Crippen molar-refractivity contribution in [3.05, 3.63) is 35.9 Å². The Labute approximate surface area is 125 Å². The number of ether oxygens (including phenoxy) is 1. The Bertz CT molecular complexity index is 516. The molecule has 0 bridgehead atoms. The second-order valence-electron chi connectivity index (χ2n) is 5.57. The molecule has 21 heavy (non-hydrogen) atoms. The van der Waals surface area contributed by atoms with E-state index in [1.54, 1.807) is 11.8 Å². The number of β-lactam (4-membered cyclic amide) rings is 1. The summed E-state index contributed by atoms with van der Waals surface area (Å²) in [5.74, 6) is -0.601. The van der Waals surface area contributed by atoms with Gasteiger partial charge in [0.25, 0.3) is 0 Å². The third-order valence-corrected chi connectivity index (χ3v) is 3.78. The molecule has 1 saturated heterocycles. The largest absolute Gasteiger partial charge is 0.464 e. The first kappa shape index (κ1) is 15.5. The van der Waals surface area contributed by atoms with Gasteiger partial charge in [-0.3, -0.25) is 4.79 Å². The molecule has 5 nitrogen and oxygen atoms in total. The second-order valence-corrected chi connectivity index (χ2v) is 5.57. The summed E-state index contributed by atoms with van der Waals surface area (Å²) < 4.78 is 5.12. The minimum atomic E-state index is -0.595. The van der Waals surface area contributed by atoms with Gasteiger partial charge in [0.15, 0.2) is 0 Å². The number of benzene rings is 1. The maximum Gasteiger partial charge on any atom is 0.329 e. The van der Waals surface area contributed by atoms with Crippen molar-refractivity contribution in [2.24, 2.45) is 11.7 Å². The van der Waals surface area contributed by atoms with Crippen LogP contribution in [-0.2, 0) is 14.3 Å². The number of rotatable bonds is 5. The van der Waals surface area contributed by atoms with Gasteiger partial charge in [0.2, 0.25) is 5.91 Å². The van der Waals surface area contributed by atoms with Gasteiger partial charge in [-0.25, -0.2) is 4.79 Å². The van der Waals surface area contributed by atoms with Crippen LogP contribution in [0.1, 0.15) is 32.4 Å². The second kappa shape index (κ2) is 6.26. The van der Waals surface area contributed by atoms with Crippen LogP contribution in [0.2, 0.25) is 0 Å². The van der Waals surface area contributed by atoms with Crippen molar-refractivity contribution in [1.29, 1.82) is 0 Å². The molecule has 1 aromatic rings. The van der Waals surface area contributed by atoms with E-state index in [1.165, 1.54) is 0 Å². The number of carbonyl (C=O) groups excluding carboxylic acids is 2. The Hall–Kier alpha value is -1.88. The molecule has 1 fully saturated rings.